The van der Waals surface area contributed by atoms with Gasteiger partial charge in [0.2, 0.25) is 0 Å². The van der Waals surface area contributed by atoms with Gasteiger partial charge in [-0.15, -0.1) is 0 Å². The molecule has 2 heterocycles. The Balaban J connectivity index is 2.47. The molecule has 0 saturated carbocycles. The van der Waals surface area contributed by atoms with Crippen molar-refractivity contribution in [3.63, 3.8) is 0 Å². The number of aromatic nitrogens is 4. The lowest BCUT2D eigenvalue weighted by atomic mass is 10.2. The zero-order chi connectivity index (χ0) is 11.5. The number of rotatable bonds is 3. The highest BCUT2D eigenvalue weighted by Gasteiger charge is 2.09. The second-order valence-electron chi connectivity index (χ2n) is 3.89. The summed E-state index contributed by atoms with van der Waals surface area (Å²) in [4.78, 5) is 12.8. The maximum absolute atomic E-state index is 5.70. The van der Waals surface area contributed by atoms with Crippen molar-refractivity contribution < 1.29 is 0 Å². The molecule has 0 aliphatic rings. The Labute approximate surface area is 94.4 Å². The minimum atomic E-state index is 0.308. The summed E-state index contributed by atoms with van der Waals surface area (Å²) in [6, 6.07) is 0. The highest BCUT2D eigenvalue weighted by atomic mass is 15.1. The lowest BCUT2D eigenvalue weighted by Gasteiger charge is -2.10. The van der Waals surface area contributed by atoms with Gasteiger partial charge in [-0.05, 0) is 0 Å². The van der Waals surface area contributed by atoms with Gasteiger partial charge >= 0.3 is 0 Å². The molecule has 0 spiro atoms. The third-order valence-electron chi connectivity index (χ3n) is 2.36. The Morgan fingerprint density at radius 3 is 2.81 bits per heavy atom. The summed E-state index contributed by atoms with van der Waals surface area (Å²) in [7, 11) is 0. The third-order valence-corrected chi connectivity index (χ3v) is 2.36. The lowest BCUT2D eigenvalue weighted by molar-refractivity contribution is 0.748. The second-order valence-corrected chi connectivity index (χ2v) is 3.89. The fraction of sp³-hybridized carbons (Fsp3) is 0.364. The Morgan fingerprint density at radius 2 is 2.25 bits per heavy atom. The molecular weight excluding hydrogens is 202 g/mol. The molecule has 2 N–H and O–H groups in total. The zero-order valence-electron chi connectivity index (χ0n) is 9.46. The average Bonchev–Trinajstić information content (AvgIpc) is 2.81. The van der Waals surface area contributed by atoms with E-state index in [1.165, 1.54) is 0 Å². The van der Waals surface area contributed by atoms with Gasteiger partial charge in [-0.25, -0.2) is 15.0 Å². The van der Waals surface area contributed by atoms with Crippen LogP contribution in [0.15, 0.2) is 24.9 Å². The van der Waals surface area contributed by atoms with Crippen LogP contribution in [0.3, 0.4) is 0 Å². The van der Waals surface area contributed by atoms with Crippen molar-refractivity contribution >= 4 is 0 Å². The summed E-state index contributed by atoms with van der Waals surface area (Å²) in [5.74, 6) is 1.13. The third kappa shape index (κ3) is 1.94. The predicted molar refractivity (Wildman–Crippen MR) is 61.1 cm³/mol. The van der Waals surface area contributed by atoms with Gasteiger partial charge in [0.1, 0.15) is 5.82 Å². The van der Waals surface area contributed by atoms with E-state index >= 15 is 0 Å². The largest absolute Gasteiger partial charge is 0.325 e. The highest BCUT2D eigenvalue weighted by Crippen LogP contribution is 2.14. The van der Waals surface area contributed by atoms with Crippen LogP contribution in [0.5, 0.6) is 0 Å². The first-order chi connectivity index (χ1) is 7.72. The predicted octanol–water partition coefficient (Wildman–Crippen LogP) is 1.24. The maximum Gasteiger partial charge on any atom is 0.131 e. The molecule has 0 bridgehead atoms. The summed E-state index contributed by atoms with van der Waals surface area (Å²) in [5, 5.41) is 0. The van der Waals surface area contributed by atoms with Crippen LogP contribution in [0.1, 0.15) is 31.3 Å². The molecule has 0 aromatic carbocycles. The van der Waals surface area contributed by atoms with Crippen molar-refractivity contribution in [2.45, 2.75) is 26.3 Å². The molecule has 0 unspecified atom stereocenters. The van der Waals surface area contributed by atoms with E-state index in [-0.39, 0.29) is 0 Å². The maximum atomic E-state index is 5.70. The van der Waals surface area contributed by atoms with Crippen LogP contribution in [0.25, 0.3) is 5.69 Å². The van der Waals surface area contributed by atoms with Crippen LogP contribution < -0.4 is 5.73 Å². The molecule has 0 fully saturated rings. The van der Waals surface area contributed by atoms with Crippen LogP contribution in [-0.4, -0.2) is 19.5 Å². The summed E-state index contributed by atoms with van der Waals surface area (Å²) in [5.41, 5.74) is 7.44. The lowest BCUT2D eigenvalue weighted by Crippen LogP contribution is -2.10. The van der Waals surface area contributed by atoms with Gasteiger partial charge in [0.25, 0.3) is 0 Å². The first-order valence-corrected chi connectivity index (χ1v) is 5.26. The first kappa shape index (κ1) is 10.8. The SMILES string of the molecule is CC(C)c1ncc(-n2ccnc2)c(CN)n1. The van der Waals surface area contributed by atoms with Crippen molar-refractivity contribution in [2.24, 2.45) is 5.73 Å². The molecule has 5 nitrogen and oxygen atoms in total. The molecule has 2 rings (SSSR count). The van der Waals surface area contributed by atoms with Gasteiger partial charge in [0, 0.05) is 24.9 Å². The molecule has 16 heavy (non-hydrogen) atoms. The Morgan fingerprint density at radius 1 is 1.44 bits per heavy atom. The standard InChI is InChI=1S/C11H15N5/c1-8(2)11-14-6-10(9(5-12)15-11)16-4-3-13-7-16/h3-4,6-8H,5,12H2,1-2H3. The normalized spacial score (nSPS) is 11.0. The van der Waals surface area contributed by atoms with E-state index in [1.54, 1.807) is 18.7 Å². The Hall–Kier alpha value is -1.75. The molecule has 0 aliphatic heterocycles. The van der Waals surface area contributed by atoms with Gasteiger partial charge < -0.3 is 10.3 Å². The monoisotopic (exact) mass is 217 g/mol. The van der Waals surface area contributed by atoms with E-state index in [9.17, 15) is 0 Å². The number of nitrogens with two attached hydrogens (primary N) is 1. The number of nitrogens with zero attached hydrogens (tertiary/aromatic N) is 4. The van der Waals surface area contributed by atoms with Crippen LogP contribution in [0, 0.1) is 0 Å². The number of hydrogen-bond donors (Lipinski definition) is 1. The molecule has 0 aliphatic carbocycles. The topological polar surface area (TPSA) is 69.6 Å². The fourth-order valence-electron chi connectivity index (χ4n) is 1.47. The molecule has 2 aromatic rings. The number of imidazole rings is 1. The van der Waals surface area contributed by atoms with Gasteiger partial charge in [0.05, 0.1) is 23.9 Å². The van der Waals surface area contributed by atoms with E-state index in [4.69, 9.17) is 5.73 Å². The molecule has 5 heteroatoms. The summed E-state index contributed by atoms with van der Waals surface area (Å²) < 4.78 is 1.87. The van der Waals surface area contributed by atoms with E-state index in [1.807, 2.05) is 10.8 Å². The smallest absolute Gasteiger partial charge is 0.131 e. The second kappa shape index (κ2) is 4.40. The van der Waals surface area contributed by atoms with Crippen LogP contribution in [0.4, 0.5) is 0 Å². The Bertz CT molecular complexity index is 461. The minimum absolute atomic E-state index is 0.308. The minimum Gasteiger partial charge on any atom is -0.325 e. The fourth-order valence-corrected chi connectivity index (χ4v) is 1.47. The van der Waals surface area contributed by atoms with Crippen LogP contribution in [0.2, 0.25) is 0 Å². The van der Waals surface area contributed by atoms with Crippen LogP contribution >= 0.6 is 0 Å². The highest BCUT2D eigenvalue weighted by molar-refractivity contribution is 5.34. The molecule has 0 amide bonds. The van der Waals surface area contributed by atoms with E-state index < -0.39 is 0 Å². The summed E-state index contributed by atoms with van der Waals surface area (Å²) in [6.45, 7) is 4.52. The van der Waals surface area contributed by atoms with Crippen molar-refractivity contribution in [2.75, 3.05) is 0 Å². The zero-order valence-corrected chi connectivity index (χ0v) is 9.46. The van der Waals surface area contributed by atoms with E-state index in [0.29, 0.717) is 12.5 Å². The molecule has 0 radical (unpaired) electrons. The van der Waals surface area contributed by atoms with Crippen molar-refractivity contribution in [1.82, 2.24) is 19.5 Å². The summed E-state index contributed by atoms with van der Waals surface area (Å²) in [6.07, 6.45) is 7.09. The van der Waals surface area contributed by atoms with E-state index in [0.717, 1.165) is 17.2 Å². The van der Waals surface area contributed by atoms with Crippen molar-refractivity contribution in [1.29, 1.82) is 0 Å². The van der Waals surface area contributed by atoms with Gasteiger partial charge in [0.15, 0.2) is 0 Å². The first-order valence-electron chi connectivity index (χ1n) is 5.26. The van der Waals surface area contributed by atoms with Crippen LogP contribution in [-0.2, 0) is 6.54 Å². The molecular formula is C11H15N5. The molecule has 0 atom stereocenters. The number of hydrogen-bond acceptors (Lipinski definition) is 4. The Kier molecular flexibility index (Phi) is 2.96. The van der Waals surface area contributed by atoms with Crippen molar-refractivity contribution in [3.05, 3.63) is 36.4 Å². The molecule has 0 saturated heterocycles. The molecule has 2 aromatic heterocycles. The van der Waals surface area contributed by atoms with Crippen molar-refractivity contribution in [3.8, 4) is 5.69 Å². The average molecular weight is 217 g/mol. The quantitative estimate of drug-likeness (QED) is 0.839. The van der Waals surface area contributed by atoms with E-state index in [2.05, 4.69) is 28.8 Å². The van der Waals surface area contributed by atoms with Gasteiger partial charge in [-0.1, -0.05) is 13.8 Å². The van der Waals surface area contributed by atoms with Gasteiger partial charge in [-0.3, -0.25) is 0 Å². The summed E-state index contributed by atoms with van der Waals surface area (Å²) >= 11 is 0. The molecule has 84 valence electrons. The van der Waals surface area contributed by atoms with Gasteiger partial charge in [-0.2, -0.15) is 0 Å².